The van der Waals surface area contributed by atoms with Crippen molar-refractivity contribution in [1.29, 1.82) is 0 Å². The van der Waals surface area contributed by atoms with Gasteiger partial charge in [-0.25, -0.2) is 4.39 Å². The van der Waals surface area contributed by atoms with Crippen LogP contribution in [0, 0.1) is 5.82 Å². The third kappa shape index (κ3) is 4.27. The highest BCUT2D eigenvalue weighted by Gasteiger charge is 2.29. The van der Waals surface area contributed by atoms with Crippen LogP contribution in [0.1, 0.15) is 55.5 Å². The quantitative estimate of drug-likeness (QED) is 0.582. The second-order valence-electron chi connectivity index (χ2n) is 8.29. The van der Waals surface area contributed by atoms with Gasteiger partial charge >= 0.3 is 0 Å². The molecule has 0 saturated carbocycles. The van der Waals surface area contributed by atoms with Gasteiger partial charge in [-0.3, -0.25) is 9.59 Å². The first-order valence-corrected chi connectivity index (χ1v) is 11.4. The summed E-state index contributed by atoms with van der Waals surface area (Å²) in [5.74, 6) is -0.682. The molecule has 1 heterocycles. The van der Waals surface area contributed by atoms with Gasteiger partial charge in [-0.05, 0) is 74.4 Å². The number of nitrogens with zero attached hydrogens (tertiary/aromatic N) is 3. The smallest absolute Gasteiger partial charge is 0.291 e. The Morgan fingerprint density at radius 2 is 1.81 bits per heavy atom. The van der Waals surface area contributed by atoms with Crippen molar-refractivity contribution in [2.45, 2.75) is 52.0 Å². The average Bonchev–Trinajstić information content (AvgIpc) is 2.83. The number of rotatable bonds is 6. The topological polar surface area (TPSA) is 62.1 Å². The summed E-state index contributed by atoms with van der Waals surface area (Å²) in [5.41, 5.74) is 4.28. The number of amides is 2. The Balaban J connectivity index is 1.68. The first kappa shape index (κ1) is 22.1. The van der Waals surface area contributed by atoms with Crippen LogP contribution in [-0.2, 0) is 11.2 Å². The van der Waals surface area contributed by atoms with Crippen molar-refractivity contribution in [2.75, 3.05) is 13.1 Å². The third-order valence-corrected chi connectivity index (χ3v) is 6.42. The average molecular weight is 434 g/mol. The lowest BCUT2D eigenvalue weighted by Gasteiger charge is -2.26. The molecule has 166 valence electrons. The summed E-state index contributed by atoms with van der Waals surface area (Å²) in [6, 6.07) is 12.0. The van der Waals surface area contributed by atoms with Gasteiger partial charge in [0.05, 0.1) is 6.04 Å². The summed E-state index contributed by atoms with van der Waals surface area (Å²) in [6.07, 6.45) is 4.23. The SMILES string of the molecule is CCN(CC)C(=O)c1ccccc1-c1cc(CC2N=NC(=O)C3=C2CCCC3)ccc1F. The van der Waals surface area contributed by atoms with Gasteiger partial charge in [0.15, 0.2) is 0 Å². The summed E-state index contributed by atoms with van der Waals surface area (Å²) in [6.45, 7) is 5.05. The van der Waals surface area contributed by atoms with Gasteiger partial charge in [-0.15, -0.1) is 5.11 Å². The van der Waals surface area contributed by atoms with E-state index in [0.717, 1.165) is 42.4 Å². The van der Waals surface area contributed by atoms with E-state index in [2.05, 4.69) is 10.2 Å². The van der Waals surface area contributed by atoms with E-state index in [1.807, 2.05) is 19.9 Å². The molecule has 1 aliphatic carbocycles. The van der Waals surface area contributed by atoms with E-state index in [0.29, 0.717) is 36.2 Å². The summed E-state index contributed by atoms with van der Waals surface area (Å²) in [4.78, 5) is 26.9. The van der Waals surface area contributed by atoms with Crippen molar-refractivity contribution in [3.8, 4) is 11.1 Å². The Bertz CT molecular complexity index is 1100. The van der Waals surface area contributed by atoms with E-state index < -0.39 is 0 Å². The number of carbonyl (C=O) groups excluding carboxylic acids is 2. The van der Waals surface area contributed by atoms with Crippen LogP contribution in [0.15, 0.2) is 63.8 Å². The van der Waals surface area contributed by atoms with Crippen LogP contribution < -0.4 is 0 Å². The van der Waals surface area contributed by atoms with Gasteiger partial charge in [0.1, 0.15) is 5.82 Å². The highest BCUT2D eigenvalue weighted by atomic mass is 19.1. The number of azo groups is 1. The maximum atomic E-state index is 14.9. The van der Waals surface area contributed by atoms with Crippen LogP contribution in [-0.4, -0.2) is 35.8 Å². The predicted octanol–water partition coefficient (Wildman–Crippen LogP) is 5.75. The highest BCUT2D eigenvalue weighted by molar-refractivity contribution is 6.01. The van der Waals surface area contributed by atoms with E-state index in [4.69, 9.17) is 0 Å². The maximum absolute atomic E-state index is 14.9. The molecule has 0 fully saturated rings. The van der Waals surface area contributed by atoms with E-state index in [1.165, 1.54) is 6.07 Å². The van der Waals surface area contributed by atoms with Crippen LogP contribution in [0.3, 0.4) is 0 Å². The fraction of sp³-hybridized carbons (Fsp3) is 0.385. The van der Waals surface area contributed by atoms with Crippen molar-refractivity contribution in [3.05, 3.63) is 70.6 Å². The number of halogens is 1. The molecular weight excluding hydrogens is 405 g/mol. The second-order valence-corrected chi connectivity index (χ2v) is 8.29. The third-order valence-electron chi connectivity index (χ3n) is 6.42. The van der Waals surface area contributed by atoms with Gasteiger partial charge in [-0.2, -0.15) is 5.11 Å². The molecule has 6 heteroatoms. The Hall–Kier alpha value is -3.15. The number of hydrogen-bond acceptors (Lipinski definition) is 3. The van der Waals surface area contributed by atoms with Crippen molar-refractivity contribution in [1.82, 2.24) is 4.90 Å². The molecule has 1 atom stereocenters. The molecule has 0 saturated heterocycles. The van der Waals surface area contributed by atoms with Crippen molar-refractivity contribution >= 4 is 11.8 Å². The molecule has 0 bridgehead atoms. The van der Waals surface area contributed by atoms with Crippen molar-refractivity contribution in [3.63, 3.8) is 0 Å². The monoisotopic (exact) mass is 433 g/mol. The number of carbonyl (C=O) groups is 2. The molecule has 0 aromatic heterocycles. The predicted molar refractivity (Wildman–Crippen MR) is 122 cm³/mol. The fourth-order valence-electron chi connectivity index (χ4n) is 4.67. The van der Waals surface area contributed by atoms with Crippen molar-refractivity contribution in [2.24, 2.45) is 10.2 Å². The second kappa shape index (κ2) is 9.55. The minimum Gasteiger partial charge on any atom is -0.339 e. The molecule has 0 spiro atoms. The molecular formula is C26H28FN3O2. The standard InChI is InChI=1S/C26H28FN3O2/c1-3-30(4-2)26(32)21-12-8-5-9-18(21)22-15-17(13-14-23(22)27)16-24-19-10-6-7-11-20(19)25(31)29-28-24/h5,8-9,12-15,24H,3-4,6-7,10-11,16H2,1-2H3. The minimum atomic E-state index is -0.369. The van der Waals surface area contributed by atoms with Gasteiger partial charge in [0, 0.05) is 36.2 Å². The Morgan fingerprint density at radius 3 is 2.59 bits per heavy atom. The molecule has 2 aliphatic rings. The van der Waals surface area contributed by atoms with Gasteiger partial charge in [-0.1, -0.05) is 24.3 Å². The van der Waals surface area contributed by atoms with Crippen molar-refractivity contribution < 1.29 is 14.0 Å². The molecule has 1 aliphatic heterocycles. The fourth-order valence-corrected chi connectivity index (χ4v) is 4.67. The Labute approximate surface area is 188 Å². The van der Waals surface area contributed by atoms with Gasteiger partial charge in [0.25, 0.3) is 11.8 Å². The lowest BCUT2D eigenvalue weighted by Crippen LogP contribution is -2.30. The number of hydrogen-bond donors (Lipinski definition) is 0. The van der Waals surface area contributed by atoms with Crippen LogP contribution >= 0.6 is 0 Å². The normalized spacial score (nSPS) is 18.0. The minimum absolute atomic E-state index is 0.105. The summed E-state index contributed by atoms with van der Waals surface area (Å²) >= 11 is 0. The molecule has 0 N–H and O–H groups in total. The number of benzene rings is 2. The first-order valence-electron chi connectivity index (χ1n) is 11.4. The van der Waals surface area contributed by atoms with Crippen LogP contribution in [0.4, 0.5) is 4.39 Å². The zero-order chi connectivity index (χ0) is 22.7. The molecule has 2 amide bonds. The largest absolute Gasteiger partial charge is 0.339 e. The lowest BCUT2D eigenvalue weighted by atomic mass is 9.84. The van der Waals surface area contributed by atoms with E-state index in [9.17, 15) is 14.0 Å². The van der Waals surface area contributed by atoms with Crippen LogP contribution in [0.25, 0.3) is 11.1 Å². The first-order chi connectivity index (χ1) is 15.5. The van der Waals surface area contributed by atoms with Gasteiger partial charge < -0.3 is 4.90 Å². The van der Waals surface area contributed by atoms with E-state index in [-0.39, 0.29) is 23.7 Å². The molecule has 4 rings (SSSR count). The van der Waals surface area contributed by atoms with Crippen LogP contribution in [0.2, 0.25) is 0 Å². The molecule has 2 aromatic carbocycles. The molecule has 5 nitrogen and oxygen atoms in total. The summed E-state index contributed by atoms with van der Waals surface area (Å²) < 4.78 is 14.9. The lowest BCUT2D eigenvalue weighted by molar-refractivity contribution is -0.115. The Kier molecular flexibility index (Phi) is 6.58. The maximum Gasteiger partial charge on any atom is 0.291 e. The zero-order valence-corrected chi connectivity index (χ0v) is 18.6. The Morgan fingerprint density at radius 1 is 1.06 bits per heavy atom. The highest BCUT2D eigenvalue weighted by Crippen LogP contribution is 2.35. The van der Waals surface area contributed by atoms with E-state index in [1.54, 1.807) is 35.2 Å². The van der Waals surface area contributed by atoms with Crippen LogP contribution in [0.5, 0.6) is 0 Å². The van der Waals surface area contributed by atoms with E-state index >= 15 is 0 Å². The molecule has 32 heavy (non-hydrogen) atoms. The van der Waals surface area contributed by atoms with Gasteiger partial charge in [0.2, 0.25) is 0 Å². The summed E-state index contributed by atoms with van der Waals surface area (Å²) in [5, 5.41) is 8.14. The summed E-state index contributed by atoms with van der Waals surface area (Å²) in [7, 11) is 0. The molecule has 0 radical (unpaired) electrons. The molecule has 2 aromatic rings. The molecule has 1 unspecified atom stereocenters. The zero-order valence-electron chi connectivity index (χ0n) is 18.6.